The lowest BCUT2D eigenvalue weighted by molar-refractivity contribution is 0.570. The van der Waals surface area contributed by atoms with Crippen LogP contribution in [0.15, 0.2) is 36.4 Å². The third-order valence-electron chi connectivity index (χ3n) is 3.05. The summed E-state index contributed by atoms with van der Waals surface area (Å²) in [5.74, 6) is 13.4. The largest absolute Gasteiger partial charge is 0.0919 e. The highest BCUT2D eigenvalue weighted by Crippen LogP contribution is 2.23. The first-order chi connectivity index (χ1) is 10.2. The molecule has 0 saturated heterocycles. The Morgan fingerprint density at radius 2 is 1.05 bits per heavy atom. The van der Waals surface area contributed by atoms with Crippen LogP contribution >= 0.6 is 0 Å². The Bertz CT molecular complexity index is 734. The summed E-state index contributed by atoms with van der Waals surface area (Å²) in [5.41, 5.74) is 2.11. The molecule has 2 rings (SSSR count). The minimum Gasteiger partial charge on any atom is -0.0919 e. The van der Waals surface area contributed by atoms with Crippen LogP contribution < -0.4 is 0 Å². The van der Waals surface area contributed by atoms with Crippen LogP contribution in [0, 0.1) is 34.5 Å². The van der Waals surface area contributed by atoms with E-state index in [2.05, 4.69) is 102 Å². The zero-order valence-corrected chi connectivity index (χ0v) is 14.5. The van der Waals surface area contributed by atoms with Gasteiger partial charge in [0.2, 0.25) is 0 Å². The maximum atomic E-state index is 3.35. The van der Waals surface area contributed by atoms with E-state index in [-0.39, 0.29) is 10.8 Å². The highest BCUT2D eigenvalue weighted by atomic mass is 14.1. The van der Waals surface area contributed by atoms with Crippen molar-refractivity contribution in [2.45, 2.75) is 41.5 Å². The minimum atomic E-state index is -0.00576. The third-order valence-corrected chi connectivity index (χ3v) is 3.05. The second kappa shape index (κ2) is 5.90. The van der Waals surface area contributed by atoms with Crippen molar-refractivity contribution in [3.8, 4) is 23.7 Å². The SMILES string of the molecule is CC(C)(C)C#Cc1cccc2cccc(C#CC(C)(C)C)c12. The number of hydrogen-bond acceptors (Lipinski definition) is 0. The monoisotopic (exact) mass is 288 g/mol. The van der Waals surface area contributed by atoms with Crippen molar-refractivity contribution in [1.82, 2.24) is 0 Å². The number of hydrogen-bond donors (Lipinski definition) is 0. The molecule has 0 saturated carbocycles. The molecule has 2 aromatic carbocycles. The molecular weight excluding hydrogens is 264 g/mol. The lowest BCUT2D eigenvalue weighted by Gasteiger charge is -2.09. The molecule has 0 N–H and O–H groups in total. The zero-order valence-electron chi connectivity index (χ0n) is 14.5. The van der Waals surface area contributed by atoms with E-state index >= 15 is 0 Å². The maximum absolute atomic E-state index is 3.35. The van der Waals surface area contributed by atoms with Crippen molar-refractivity contribution in [1.29, 1.82) is 0 Å². The number of rotatable bonds is 0. The van der Waals surface area contributed by atoms with Gasteiger partial charge in [0.05, 0.1) is 0 Å². The van der Waals surface area contributed by atoms with Crippen molar-refractivity contribution < 1.29 is 0 Å². The first-order valence-electron chi connectivity index (χ1n) is 7.74. The summed E-state index contributed by atoms with van der Waals surface area (Å²) in [5, 5.41) is 2.36. The standard InChI is InChI=1S/C22H24/c1-21(2,3)15-13-18-11-7-9-17-10-8-12-19(20(17)18)14-16-22(4,5)6/h7-12H,1-6H3. The molecule has 0 aromatic heterocycles. The smallest absolute Gasteiger partial charge is 0.0336 e. The van der Waals surface area contributed by atoms with E-state index < -0.39 is 0 Å². The molecule has 0 atom stereocenters. The Hall–Kier alpha value is -2.18. The van der Waals surface area contributed by atoms with Crippen molar-refractivity contribution in [2.75, 3.05) is 0 Å². The van der Waals surface area contributed by atoms with E-state index in [1.165, 1.54) is 10.8 Å². The van der Waals surface area contributed by atoms with Gasteiger partial charge in [0.1, 0.15) is 0 Å². The summed E-state index contributed by atoms with van der Waals surface area (Å²) in [6.45, 7) is 12.8. The van der Waals surface area contributed by atoms with Gasteiger partial charge in [0, 0.05) is 27.3 Å². The van der Waals surface area contributed by atoms with Gasteiger partial charge in [-0.25, -0.2) is 0 Å². The summed E-state index contributed by atoms with van der Waals surface area (Å²) in [4.78, 5) is 0. The maximum Gasteiger partial charge on any atom is 0.0336 e. The van der Waals surface area contributed by atoms with Crippen LogP contribution in [0.1, 0.15) is 52.7 Å². The van der Waals surface area contributed by atoms with Crippen molar-refractivity contribution in [3.05, 3.63) is 47.5 Å². The molecule has 0 amide bonds. The molecular formula is C22H24. The normalized spacial score (nSPS) is 11.4. The Morgan fingerprint density at radius 3 is 1.41 bits per heavy atom. The third kappa shape index (κ3) is 4.41. The summed E-state index contributed by atoms with van der Waals surface area (Å²) >= 11 is 0. The number of benzene rings is 2. The molecule has 0 nitrogen and oxygen atoms in total. The van der Waals surface area contributed by atoms with Crippen LogP contribution in [-0.2, 0) is 0 Å². The summed E-state index contributed by atoms with van der Waals surface area (Å²) < 4.78 is 0. The topological polar surface area (TPSA) is 0 Å². The van der Waals surface area contributed by atoms with Crippen LogP contribution in [0.25, 0.3) is 10.8 Å². The highest BCUT2D eigenvalue weighted by molar-refractivity contribution is 5.93. The first kappa shape index (κ1) is 16.2. The lowest BCUT2D eigenvalue weighted by atomic mass is 9.94. The van der Waals surface area contributed by atoms with Crippen molar-refractivity contribution in [2.24, 2.45) is 10.8 Å². The van der Waals surface area contributed by atoms with Crippen LogP contribution in [-0.4, -0.2) is 0 Å². The van der Waals surface area contributed by atoms with Gasteiger partial charge in [-0.05, 0) is 59.1 Å². The second-order valence-corrected chi connectivity index (χ2v) is 7.71. The van der Waals surface area contributed by atoms with Gasteiger partial charge in [-0.3, -0.25) is 0 Å². The van der Waals surface area contributed by atoms with Gasteiger partial charge < -0.3 is 0 Å². The van der Waals surface area contributed by atoms with Gasteiger partial charge in [0.15, 0.2) is 0 Å². The predicted molar refractivity (Wildman–Crippen MR) is 96.6 cm³/mol. The molecule has 2 aromatic rings. The molecule has 0 radical (unpaired) electrons. The van der Waals surface area contributed by atoms with E-state index in [4.69, 9.17) is 0 Å². The quantitative estimate of drug-likeness (QED) is 0.551. The fraction of sp³-hybridized carbons (Fsp3) is 0.364. The van der Waals surface area contributed by atoms with Gasteiger partial charge in [-0.1, -0.05) is 47.9 Å². The Labute approximate surface area is 134 Å². The van der Waals surface area contributed by atoms with Crippen LogP contribution in [0.4, 0.5) is 0 Å². The van der Waals surface area contributed by atoms with Gasteiger partial charge in [-0.2, -0.15) is 0 Å². The van der Waals surface area contributed by atoms with Crippen LogP contribution in [0.5, 0.6) is 0 Å². The molecule has 0 heterocycles. The fourth-order valence-electron chi connectivity index (χ4n) is 2.06. The molecule has 0 heteroatoms. The summed E-state index contributed by atoms with van der Waals surface area (Å²) in [7, 11) is 0. The molecule has 0 aliphatic heterocycles. The van der Waals surface area contributed by atoms with E-state index in [1.54, 1.807) is 0 Å². The Kier molecular flexibility index (Phi) is 4.35. The predicted octanol–water partition coefficient (Wildman–Crippen LogP) is 5.64. The lowest BCUT2D eigenvalue weighted by Crippen LogP contribution is -2.00. The molecule has 112 valence electrons. The summed E-state index contributed by atoms with van der Waals surface area (Å²) in [6.07, 6.45) is 0. The van der Waals surface area contributed by atoms with Crippen LogP contribution in [0.3, 0.4) is 0 Å². The second-order valence-electron chi connectivity index (χ2n) is 7.71. The van der Waals surface area contributed by atoms with E-state index in [0.717, 1.165) is 11.1 Å². The Balaban J connectivity index is 2.68. The van der Waals surface area contributed by atoms with Crippen molar-refractivity contribution >= 4 is 10.8 Å². The fourth-order valence-corrected chi connectivity index (χ4v) is 2.06. The minimum absolute atomic E-state index is 0.00576. The van der Waals surface area contributed by atoms with Gasteiger partial charge >= 0.3 is 0 Å². The van der Waals surface area contributed by atoms with E-state index in [0.29, 0.717) is 0 Å². The summed E-state index contributed by atoms with van der Waals surface area (Å²) in [6, 6.07) is 12.6. The van der Waals surface area contributed by atoms with Gasteiger partial charge in [0.25, 0.3) is 0 Å². The zero-order chi connectivity index (χ0) is 16.4. The van der Waals surface area contributed by atoms with E-state index in [9.17, 15) is 0 Å². The average Bonchev–Trinajstić information content (AvgIpc) is 2.41. The highest BCUT2D eigenvalue weighted by Gasteiger charge is 2.08. The molecule has 0 aliphatic rings. The van der Waals surface area contributed by atoms with Gasteiger partial charge in [-0.15, -0.1) is 0 Å². The molecule has 0 bridgehead atoms. The van der Waals surface area contributed by atoms with E-state index in [1.807, 2.05) is 0 Å². The molecule has 0 fully saturated rings. The molecule has 0 spiro atoms. The Morgan fingerprint density at radius 1 is 0.636 bits per heavy atom. The first-order valence-corrected chi connectivity index (χ1v) is 7.74. The molecule has 0 aliphatic carbocycles. The van der Waals surface area contributed by atoms with Crippen molar-refractivity contribution in [3.63, 3.8) is 0 Å². The average molecular weight is 288 g/mol. The van der Waals surface area contributed by atoms with Crippen LogP contribution in [0.2, 0.25) is 0 Å². The number of fused-ring (bicyclic) bond motifs is 1. The molecule has 22 heavy (non-hydrogen) atoms. The molecule has 0 unspecified atom stereocenters.